The first-order valence-electron chi connectivity index (χ1n) is 8.21. The van der Waals surface area contributed by atoms with Gasteiger partial charge >= 0.3 is 0 Å². The number of amides is 1. The van der Waals surface area contributed by atoms with Crippen LogP contribution in [0.2, 0.25) is 0 Å². The molecule has 6 heteroatoms. The summed E-state index contributed by atoms with van der Waals surface area (Å²) < 4.78 is 2.74. The highest BCUT2D eigenvalue weighted by molar-refractivity contribution is 9.10. The van der Waals surface area contributed by atoms with Crippen LogP contribution in [0.15, 0.2) is 65.7 Å². The molecule has 2 aromatic heterocycles. The topological polar surface area (TPSA) is 51.0 Å². The molecule has 0 bridgehead atoms. The van der Waals surface area contributed by atoms with Crippen LogP contribution in [0, 0.1) is 0 Å². The van der Waals surface area contributed by atoms with E-state index in [2.05, 4.69) is 26.0 Å². The van der Waals surface area contributed by atoms with Gasteiger partial charge < -0.3 is 4.90 Å². The van der Waals surface area contributed by atoms with Gasteiger partial charge in [-0.3, -0.25) is 9.78 Å². The van der Waals surface area contributed by atoms with Crippen molar-refractivity contribution in [2.75, 3.05) is 0 Å². The van der Waals surface area contributed by atoms with E-state index in [1.807, 2.05) is 47.5 Å². The van der Waals surface area contributed by atoms with Crippen molar-refractivity contribution in [2.45, 2.75) is 25.4 Å². The summed E-state index contributed by atoms with van der Waals surface area (Å²) in [5.41, 5.74) is 2.58. The second kappa shape index (κ2) is 6.80. The SMILES string of the molecule is O=C(c1cnn(-c2ccc(Br)cc2)c1)N(Cc1cccnc1)C1CC1. The number of benzene rings is 1. The fourth-order valence-corrected chi connectivity index (χ4v) is 3.04. The third-order valence-electron chi connectivity index (χ3n) is 4.24. The van der Waals surface area contributed by atoms with E-state index in [-0.39, 0.29) is 5.91 Å². The van der Waals surface area contributed by atoms with Crippen LogP contribution in [-0.2, 0) is 6.54 Å². The number of aromatic nitrogens is 3. The number of nitrogens with zero attached hydrogens (tertiary/aromatic N) is 4. The molecule has 0 saturated heterocycles. The second-order valence-corrected chi connectivity index (χ2v) is 7.09. The summed E-state index contributed by atoms with van der Waals surface area (Å²) in [5, 5.41) is 4.35. The van der Waals surface area contributed by atoms with E-state index in [0.717, 1.165) is 28.6 Å². The lowest BCUT2D eigenvalue weighted by Crippen LogP contribution is -2.32. The third kappa shape index (κ3) is 3.64. The van der Waals surface area contributed by atoms with Crippen molar-refractivity contribution in [3.05, 3.63) is 76.8 Å². The predicted molar refractivity (Wildman–Crippen MR) is 98.4 cm³/mol. The van der Waals surface area contributed by atoms with E-state index in [1.54, 1.807) is 23.3 Å². The average molecular weight is 397 g/mol. The molecule has 5 nitrogen and oxygen atoms in total. The third-order valence-corrected chi connectivity index (χ3v) is 4.77. The maximum Gasteiger partial charge on any atom is 0.257 e. The van der Waals surface area contributed by atoms with Gasteiger partial charge in [0.2, 0.25) is 0 Å². The van der Waals surface area contributed by atoms with Crippen molar-refractivity contribution in [2.24, 2.45) is 0 Å². The molecule has 0 spiro atoms. The molecule has 0 atom stereocenters. The minimum atomic E-state index is 0.0229. The number of hydrogen-bond donors (Lipinski definition) is 0. The molecule has 4 rings (SSSR count). The highest BCUT2D eigenvalue weighted by Crippen LogP contribution is 2.29. The van der Waals surface area contributed by atoms with Gasteiger partial charge in [0.15, 0.2) is 0 Å². The van der Waals surface area contributed by atoms with Crippen LogP contribution in [0.3, 0.4) is 0 Å². The summed E-state index contributed by atoms with van der Waals surface area (Å²) in [4.78, 5) is 19.0. The zero-order chi connectivity index (χ0) is 17.2. The average Bonchev–Trinajstić information content (AvgIpc) is 3.37. The molecule has 3 aromatic rings. The van der Waals surface area contributed by atoms with E-state index < -0.39 is 0 Å². The van der Waals surface area contributed by atoms with Crippen molar-refractivity contribution >= 4 is 21.8 Å². The van der Waals surface area contributed by atoms with Gasteiger partial charge in [-0.25, -0.2) is 4.68 Å². The Hall–Kier alpha value is -2.47. The molecule has 2 heterocycles. The van der Waals surface area contributed by atoms with E-state index in [1.165, 1.54) is 0 Å². The predicted octanol–water partition coefficient (Wildman–Crippen LogP) is 3.83. The van der Waals surface area contributed by atoms with Crippen molar-refractivity contribution in [3.8, 4) is 5.69 Å². The number of halogens is 1. The van der Waals surface area contributed by atoms with E-state index in [9.17, 15) is 4.79 Å². The molecule has 1 fully saturated rings. The second-order valence-electron chi connectivity index (χ2n) is 6.18. The smallest absolute Gasteiger partial charge is 0.257 e. The van der Waals surface area contributed by atoms with Crippen LogP contribution < -0.4 is 0 Å². The zero-order valence-corrected chi connectivity index (χ0v) is 15.1. The number of hydrogen-bond acceptors (Lipinski definition) is 3. The molecule has 1 aromatic carbocycles. The first-order chi connectivity index (χ1) is 12.2. The molecule has 1 saturated carbocycles. The van der Waals surface area contributed by atoms with Crippen molar-refractivity contribution in [1.29, 1.82) is 0 Å². The van der Waals surface area contributed by atoms with E-state index >= 15 is 0 Å². The minimum Gasteiger partial charge on any atom is -0.331 e. The van der Waals surface area contributed by atoms with Crippen molar-refractivity contribution in [3.63, 3.8) is 0 Å². The standard InChI is InChI=1S/C19H17BrN4O/c20-16-3-5-18(6-4-16)24-13-15(11-22-24)19(25)23(17-7-8-17)12-14-2-1-9-21-10-14/h1-6,9-11,13,17H,7-8,12H2. The fraction of sp³-hybridized carbons (Fsp3) is 0.211. The Kier molecular flexibility index (Phi) is 4.36. The van der Waals surface area contributed by atoms with Gasteiger partial charge in [-0.2, -0.15) is 5.10 Å². The zero-order valence-electron chi connectivity index (χ0n) is 13.5. The Labute approximate surface area is 154 Å². The van der Waals surface area contributed by atoms with Gasteiger partial charge in [0.05, 0.1) is 17.4 Å². The highest BCUT2D eigenvalue weighted by Gasteiger charge is 2.33. The Bertz CT molecular complexity index is 872. The van der Waals surface area contributed by atoms with Gasteiger partial charge in [-0.15, -0.1) is 0 Å². The summed E-state index contributed by atoms with van der Waals surface area (Å²) in [6.45, 7) is 0.584. The first-order valence-corrected chi connectivity index (χ1v) is 9.00. The molecule has 0 aliphatic heterocycles. The molecule has 0 N–H and O–H groups in total. The number of rotatable bonds is 5. The van der Waals surface area contributed by atoms with Gasteiger partial charge in [0.1, 0.15) is 0 Å². The van der Waals surface area contributed by atoms with Crippen LogP contribution in [-0.4, -0.2) is 31.6 Å². The van der Waals surface area contributed by atoms with Gasteiger partial charge in [-0.1, -0.05) is 22.0 Å². The van der Waals surface area contributed by atoms with Crippen LogP contribution in [0.25, 0.3) is 5.69 Å². The molecule has 126 valence electrons. The van der Waals surface area contributed by atoms with Gasteiger partial charge in [-0.05, 0) is 48.7 Å². The lowest BCUT2D eigenvalue weighted by molar-refractivity contribution is 0.0730. The summed E-state index contributed by atoms with van der Waals surface area (Å²) in [7, 11) is 0. The first kappa shape index (κ1) is 16.0. The highest BCUT2D eigenvalue weighted by atomic mass is 79.9. The monoisotopic (exact) mass is 396 g/mol. The Morgan fingerprint density at radius 2 is 2.00 bits per heavy atom. The summed E-state index contributed by atoms with van der Waals surface area (Å²) >= 11 is 3.42. The number of carbonyl (C=O) groups excluding carboxylic acids is 1. The lowest BCUT2D eigenvalue weighted by atomic mass is 10.2. The van der Waals surface area contributed by atoms with E-state index in [4.69, 9.17) is 0 Å². The maximum atomic E-state index is 13.0. The molecule has 25 heavy (non-hydrogen) atoms. The molecular weight excluding hydrogens is 380 g/mol. The quantitative estimate of drug-likeness (QED) is 0.658. The summed E-state index contributed by atoms with van der Waals surface area (Å²) in [5.74, 6) is 0.0229. The van der Waals surface area contributed by atoms with Gasteiger partial charge in [0, 0.05) is 35.6 Å². The Morgan fingerprint density at radius 3 is 2.68 bits per heavy atom. The van der Waals surface area contributed by atoms with Crippen LogP contribution in [0.5, 0.6) is 0 Å². The molecule has 0 radical (unpaired) electrons. The van der Waals surface area contributed by atoms with Crippen molar-refractivity contribution < 1.29 is 4.79 Å². The lowest BCUT2D eigenvalue weighted by Gasteiger charge is -2.21. The minimum absolute atomic E-state index is 0.0229. The van der Waals surface area contributed by atoms with Gasteiger partial charge in [0.25, 0.3) is 5.91 Å². The summed E-state index contributed by atoms with van der Waals surface area (Å²) in [6, 6.07) is 12.1. The molecule has 1 aliphatic carbocycles. The fourth-order valence-electron chi connectivity index (χ4n) is 2.78. The molecule has 1 amide bonds. The molecular formula is C19H17BrN4O. The summed E-state index contributed by atoms with van der Waals surface area (Å²) in [6.07, 6.45) is 9.12. The maximum absolute atomic E-state index is 13.0. The Morgan fingerprint density at radius 1 is 1.20 bits per heavy atom. The molecule has 1 aliphatic rings. The van der Waals surface area contributed by atoms with Crippen LogP contribution in [0.4, 0.5) is 0 Å². The van der Waals surface area contributed by atoms with E-state index in [0.29, 0.717) is 18.2 Å². The van der Waals surface area contributed by atoms with Crippen LogP contribution in [0.1, 0.15) is 28.8 Å². The molecule has 0 unspecified atom stereocenters. The van der Waals surface area contributed by atoms with Crippen molar-refractivity contribution in [1.82, 2.24) is 19.7 Å². The van der Waals surface area contributed by atoms with Crippen LogP contribution >= 0.6 is 15.9 Å². The normalized spacial score (nSPS) is 13.6. The number of pyridine rings is 1. The number of carbonyl (C=O) groups is 1. The Balaban J connectivity index is 1.55. The largest absolute Gasteiger partial charge is 0.331 e.